The fourth-order valence-corrected chi connectivity index (χ4v) is 4.96. The number of nitrogens with zero attached hydrogens (tertiary/aromatic N) is 4. The molecule has 1 unspecified atom stereocenters. The van der Waals surface area contributed by atoms with E-state index in [1.807, 2.05) is 37.3 Å². The van der Waals surface area contributed by atoms with Crippen molar-refractivity contribution in [3.05, 3.63) is 82.9 Å². The van der Waals surface area contributed by atoms with Crippen LogP contribution in [0.5, 0.6) is 0 Å². The fraction of sp³-hybridized carbons (Fsp3) is 0.464. The standard InChI is InChI=1S/C28H35FN4O/c1-2-24(34)18-32(16-21-12-13-21)20-27-25-19-31(17-22-8-6-7-11-26(22)29)15-14-28(25)33(30-27)23-9-4-3-5-10-23/h3-11,21,24,34H,2,12-20H2,1H3. The number of aromatic nitrogens is 2. The quantitative estimate of drug-likeness (QED) is 0.480. The van der Waals surface area contributed by atoms with Crippen molar-refractivity contribution in [2.45, 2.75) is 58.3 Å². The van der Waals surface area contributed by atoms with Crippen LogP contribution < -0.4 is 0 Å². The van der Waals surface area contributed by atoms with E-state index in [1.165, 1.54) is 24.1 Å². The minimum Gasteiger partial charge on any atom is -0.392 e. The maximum Gasteiger partial charge on any atom is 0.127 e. The third-order valence-electron chi connectivity index (χ3n) is 7.10. The average molecular weight is 463 g/mol. The van der Waals surface area contributed by atoms with Gasteiger partial charge in [-0.05, 0) is 43.4 Å². The van der Waals surface area contributed by atoms with Crippen molar-refractivity contribution < 1.29 is 9.50 Å². The molecule has 6 heteroatoms. The van der Waals surface area contributed by atoms with Crippen molar-refractivity contribution in [2.75, 3.05) is 19.6 Å². The van der Waals surface area contributed by atoms with Gasteiger partial charge in [0.1, 0.15) is 5.82 Å². The van der Waals surface area contributed by atoms with E-state index in [9.17, 15) is 9.50 Å². The summed E-state index contributed by atoms with van der Waals surface area (Å²) in [7, 11) is 0. The highest BCUT2D eigenvalue weighted by Gasteiger charge is 2.29. The topological polar surface area (TPSA) is 44.5 Å². The lowest BCUT2D eigenvalue weighted by Crippen LogP contribution is -2.35. The van der Waals surface area contributed by atoms with Crippen LogP contribution in [0.1, 0.15) is 48.7 Å². The van der Waals surface area contributed by atoms with Gasteiger partial charge in [0.05, 0.1) is 23.2 Å². The summed E-state index contributed by atoms with van der Waals surface area (Å²) in [4.78, 5) is 4.72. The number of hydrogen-bond donors (Lipinski definition) is 1. The molecule has 5 nitrogen and oxygen atoms in total. The summed E-state index contributed by atoms with van der Waals surface area (Å²) < 4.78 is 16.4. The average Bonchev–Trinajstić information content (AvgIpc) is 3.61. The van der Waals surface area contributed by atoms with Gasteiger partial charge in [-0.25, -0.2) is 9.07 Å². The SMILES string of the molecule is CCC(O)CN(Cc1nn(-c2ccccc2)c2c1CN(Cc1ccccc1F)CC2)CC1CC1. The van der Waals surface area contributed by atoms with Gasteiger partial charge in [-0.15, -0.1) is 0 Å². The lowest BCUT2D eigenvalue weighted by molar-refractivity contribution is 0.101. The van der Waals surface area contributed by atoms with Crippen molar-refractivity contribution in [1.29, 1.82) is 0 Å². The number of aliphatic hydroxyl groups excluding tert-OH is 1. The molecule has 1 aromatic heterocycles. The monoisotopic (exact) mass is 462 g/mol. The van der Waals surface area contributed by atoms with Crippen LogP contribution in [0.4, 0.5) is 4.39 Å². The maximum absolute atomic E-state index is 14.3. The summed E-state index contributed by atoms with van der Waals surface area (Å²) in [6, 6.07) is 17.4. The van der Waals surface area contributed by atoms with Gasteiger partial charge in [0.25, 0.3) is 0 Å². The number of rotatable bonds is 10. The number of para-hydroxylation sites is 1. The normalized spacial score (nSPS) is 17.2. The highest BCUT2D eigenvalue weighted by atomic mass is 19.1. The molecule has 3 aromatic rings. The second kappa shape index (κ2) is 10.4. The van der Waals surface area contributed by atoms with Crippen molar-refractivity contribution in [3.63, 3.8) is 0 Å². The van der Waals surface area contributed by atoms with Gasteiger partial charge >= 0.3 is 0 Å². The molecule has 0 bridgehead atoms. The third kappa shape index (κ3) is 5.40. The first kappa shape index (κ1) is 23.2. The second-order valence-corrected chi connectivity index (χ2v) is 9.87. The molecule has 5 rings (SSSR count). The van der Waals surface area contributed by atoms with Crippen molar-refractivity contribution in [2.24, 2.45) is 5.92 Å². The zero-order chi connectivity index (χ0) is 23.5. The number of benzene rings is 2. The predicted molar refractivity (Wildman–Crippen MR) is 132 cm³/mol. The molecule has 0 amide bonds. The summed E-state index contributed by atoms with van der Waals surface area (Å²) in [5.41, 5.74) is 5.42. The largest absolute Gasteiger partial charge is 0.392 e. The van der Waals surface area contributed by atoms with Crippen molar-refractivity contribution in [3.8, 4) is 5.69 Å². The van der Waals surface area contributed by atoms with E-state index in [1.54, 1.807) is 12.1 Å². The van der Waals surface area contributed by atoms with E-state index < -0.39 is 0 Å². The Kier molecular flexibility index (Phi) is 7.09. The summed E-state index contributed by atoms with van der Waals surface area (Å²) in [6.45, 7) is 6.71. The van der Waals surface area contributed by atoms with E-state index in [0.717, 1.165) is 61.9 Å². The Morgan fingerprint density at radius 1 is 1.12 bits per heavy atom. The zero-order valence-electron chi connectivity index (χ0n) is 20.0. The van der Waals surface area contributed by atoms with Crippen LogP contribution in [0.2, 0.25) is 0 Å². The van der Waals surface area contributed by atoms with Gasteiger partial charge < -0.3 is 5.11 Å². The van der Waals surface area contributed by atoms with E-state index in [-0.39, 0.29) is 11.9 Å². The molecule has 34 heavy (non-hydrogen) atoms. The molecule has 2 aliphatic rings. The van der Waals surface area contributed by atoms with Crippen LogP contribution >= 0.6 is 0 Å². The number of hydrogen-bond acceptors (Lipinski definition) is 4. The highest BCUT2D eigenvalue weighted by molar-refractivity contribution is 5.39. The zero-order valence-corrected chi connectivity index (χ0v) is 20.0. The third-order valence-corrected chi connectivity index (χ3v) is 7.10. The Morgan fingerprint density at radius 3 is 2.62 bits per heavy atom. The van der Waals surface area contributed by atoms with Gasteiger partial charge in [-0.2, -0.15) is 5.10 Å². The Bertz CT molecular complexity index is 1100. The van der Waals surface area contributed by atoms with E-state index >= 15 is 0 Å². The lowest BCUT2D eigenvalue weighted by atomic mass is 10.0. The van der Waals surface area contributed by atoms with Gasteiger partial charge in [-0.3, -0.25) is 9.80 Å². The predicted octanol–water partition coefficient (Wildman–Crippen LogP) is 4.55. The van der Waals surface area contributed by atoms with Crippen LogP contribution in [-0.2, 0) is 26.1 Å². The molecule has 1 aliphatic carbocycles. The smallest absolute Gasteiger partial charge is 0.127 e. The van der Waals surface area contributed by atoms with Gasteiger partial charge in [0.15, 0.2) is 0 Å². The molecule has 2 aromatic carbocycles. The molecule has 180 valence electrons. The van der Waals surface area contributed by atoms with Gasteiger partial charge in [-0.1, -0.05) is 43.3 Å². The van der Waals surface area contributed by atoms with Crippen LogP contribution in [0.15, 0.2) is 54.6 Å². The molecule has 1 fully saturated rings. The first-order valence-electron chi connectivity index (χ1n) is 12.6. The number of fused-ring (bicyclic) bond motifs is 1. The first-order valence-corrected chi connectivity index (χ1v) is 12.6. The Balaban J connectivity index is 1.43. The van der Waals surface area contributed by atoms with E-state index in [0.29, 0.717) is 13.1 Å². The summed E-state index contributed by atoms with van der Waals surface area (Å²) in [6.07, 6.45) is 3.89. The number of halogens is 1. The van der Waals surface area contributed by atoms with Crippen LogP contribution in [-0.4, -0.2) is 50.4 Å². The molecule has 1 N–H and O–H groups in total. The molecular formula is C28H35FN4O. The van der Waals surface area contributed by atoms with Crippen LogP contribution in [0.25, 0.3) is 5.69 Å². The highest BCUT2D eigenvalue weighted by Crippen LogP contribution is 2.32. The molecule has 1 atom stereocenters. The minimum absolute atomic E-state index is 0.141. The van der Waals surface area contributed by atoms with Crippen LogP contribution in [0.3, 0.4) is 0 Å². The van der Waals surface area contributed by atoms with Crippen molar-refractivity contribution in [1.82, 2.24) is 19.6 Å². The molecule has 0 saturated heterocycles. The minimum atomic E-state index is -0.316. The molecule has 1 aliphatic heterocycles. The lowest BCUT2D eigenvalue weighted by Gasteiger charge is -2.29. The van der Waals surface area contributed by atoms with Crippen LogP contribution in [0, 0.1) is 11.7 Å². The van der Waals surface area contributed by atoms with E-state index in [4.69, 9.17) is 5.10 Å². The molecule has 0 spiro atoms. The maximum atomic E-state index is 14.3. The summed E-state index contributed by atoms with van der Waals surface area (Å²) in [5, 5.41) is 15.5. The molecular weight excluding hydrogens is 427 g/mol. The second-order valence-electron chi connectivity index (χ2n) is 9.87. The Labute approximate surface area is 201 Å². The first-order chi connectivity index (χ1) is 16.6. The van der Waals surface area contributed by atoms with Gasteiger partial charge in [0, 0.05) is 56.8 Å². The fourth-order valence-electron chi connectivity index (χ4n) is 4.96. The molecule has 2 heterocycles. The number of aliphatic hydroxyl groups is 1. The summed E-state index contributed by atoms with van der Waals surface area (Å²) in [5.74, 6) is 0.603. The Hall–Kier alpha value is -2.54. The molecule has 1 saturated carbocycles. The molecule has 0 radical (unpaired) electrons. The van der Waals surface area contributed by atoms with Gasteiger partial charge in [0.2, 0.25) is 0 Å². The van der Waals surface area contributed by atoms with Crippen molar-refractivity contribution >= 4 is 0 Å². The Morgan fingerprint density at radius 2 is 1.88 bits per heavy atom. The van der Waals surface area contributed by atoms with E-state index in [2.05, 4.69) is 26.6 Å². The summed E-state index contributed by atoms with van der Waals surface area (Å²) >= 11 is 0.